The highest BCUT2D eigenvalue weighted by Gasteiger charge is 2.52. The van der Waals surface area contributed by atoms with Crippen molar-refractivity contribution < 1.29 is 49.0 Å². The molecule has 0 bridgehead atoms. The lowest BCUT2D eigenvalue weighted by atomic mass is 9.98. The van der Waals surface area contributed by atoms with Crippen molar-refractivity contribution in [1.82, 2.24) is 0 Å². The van der Waals surface area contributed by atoms with Gasteiger partial charge in [0.05, 0.1) is 7.98 Å². The van der Waals surface area contributed by atoms with Gasteiger partial charge >= 0.3 is 23.9 Å². The van der Waals surface area contributed by atoms with Crippen LogP contribution in [0.1, 0.15) is 29.1 Å². The van der Waals surface area contributed by atoms with Crippen LogP contribution >= 0.6 is 0 Å². The molecule has 0 aliphatic carbocycles. The lowest BCUT2D eigenvalue weighted by Crippen LogP contribution is -2.62. The van der Waals surface area contributed by atoms with E-state index in [1.165, 1.54) is 6.92 Å². The van der Waals surface area contributed by atoms with Crippen molar-refractivity contribution in [2.24, 2.45) is 0 Å². The largest absolute Gasteiger partial charge is 0.463 e. The number of carbonyl (C=O) groups is 4. The monoisotopic (exact) mass is 389 g/mol. The standard InChI is InChI=1S/C17H24O10/c1-6-7-22-15-14(24-10(3)19)13(8-23-9(2)18)27-17(26-12(5)21)16(15)25-11(4)20/h6,13-17H,1,7-8H2,2-5H3/t13-,14-,15+,16-,17?/m1/s1/i6D. The summed E-state index contributed by atoms with van der Waals surface area (Å²) >= 11 is 0. The van der Waals surface area contributed by atoms with Gasteiger partial charge in [0.15, 0.2) is 12.2 Å². The molecule has 0 aromatic heterocycles. The minimum absolute atomic E-state index is 0.102. The molecule has 5 atom stereocenters. The lowest BCUT2D eigenvalue weighted by molar-refractivity contribution is -0.303. The molecule has 0 radical (unpaired) electrons. The average molecular weight is 389 g/mol. The minimum Gasteiger partial charge on any atom is -0.463 e. The quantitative estimate of drug-likeness (QED) is 0.325. The summed E-state index contributed by atoms with van der Waals surface area (Å²) in [6.45, 7) is 7.32. The second-order valence-corrected chi connectivity index (χ2v) is 5.63. The van der Waals surface area contributed by atoms with Crippen molar-refractivity contribution >= 4 is 23.9 Å². The van der Waals surface area contributed by atoms with Crippen molar-refractivity contribution in [3.8, 4) is 0 Å². The van der Waals surface area contributed by atoms with Gasteiger partial charge in [-0.15, -0.1) is 6.58 Å². The first-order valence-electron chi connectivity index (χ1n) is 8.57. The molecule has 1 fully saturated rings. The molecule has 1 aliphatic heterocycles. The fraction of sp³-hybridized carbons (Fsp3) is 0.647. The number of rotatable bonds is 8. The van der Waals surface area contributed by atoms with Crippen LogP contribution in [0.2, 0.25) is 0 Å². The van der Waals surface area contributed by atoms with Gasteiger partial charge in [0.1, 0.15) is 18.8 Å². The van der Waals surface area contributed by atoms with Crippen molar-refractivity contribution in [1.29, 1.82) is 0 Å². The number of hydrogen-bond donors (Lipinski definition) is 0. The molecule has 0 amide bonds. The Labute approximate surface area is 158 Å². The normalized spacial score (nSPS) is 27.7. The summed E-state index contributed by atoms with van der Waals surface area (Å²) in [5.74, 6) is -2.78. The zero-order valence-electron chi connectivity index (χ0n) is 16.6. The first kappa shape index (κ1) is 20.8. The third-order valence-electron chi connectivity index (χ3n) is 3.31. The van der Waals surface area contributed by atoms with Crippen LogP contribution in [-0.4, -0.2) is 67.8 Å². The Kier molecular flexibility index (Phi) is 8.21. The summed E-state index contributed by atoms with van der Waals surface area (Å²) in [5.41, 5.74) is 0. The lowest BCUT2D eigenvalue weighted by Gasteiger charge is -2.43. The Morgan fingerprint density at radius 3 is 1.96 bits per heavy atom. The van der Waals surface area contributed by atoms with E-state index in [9.17, 15) is 19.2 Å². The summed E-state index contributed by atoms with van der Waals surface area (Å²) < 4.78 is 39.0. The van der Waals surface area contributed by atoms with Gasteiger partial charge < -0.3 is 28.4 Å². The van der Waals surface area contributed by atoms with E-state index in [-0.39, 0.29) is 19.3 Å². The van der Waals surface area contributed by atoms with E-state index < -0.39 is 54.6 Å². The second-order valence-electron chi connectivity index (χ2n) is 5.63. The van der Waals surface area contributed by atoms with E-state index in [0.717, 1.165) is 20.8 Å². The molecule has 10 heteroatoms. The molecule has 1 rings (SSSR count). The fourth-order valence-electron chi connectivity index (χ4n) is 2.47. The maximum Gasteiger partial charge on any atom is 0.305 e. The van der Waals surface area contributed by atoms with E-state index >= 15 is 0 Å². The molecule has 0 aromatic carbocycles. The first-order valence-corrected chi connectivity index (χ1v) is 8.07. The van der Waals surface area contributed by atoms with Gasteiger partial charge in [-0.25, -0.2) is 0 Å². The number of esters is 4. The van der Waals surface area contributed by atoms with Crippen LogP contribution in [0.5, 0.6) is 0 Å². The molecule has 27 heavy (non-hydrogen) atoms. The van der Waals surface area contributed by atoms with Gasteiger partial charge in [-0.3, -0.25) is 19.2 Å². The van der Waals surface area contributed by atoms with Gasteiger partial charge in [-0.05, 0) is 0 Å². The molecular formula is C17H24O10. The molecule has 1 heterocycles. The topological polar surface area (TPSA) is 124 Å². The minimum atomic E-state index is -1.42. The van der Waals surface area contributed by atoms with E-state index in [1.54, 1.807) is 0 Å². The Balaban J connectivity index is 3.27. The van der Waals surface area contributed by atoms with Gasteiger partial charge in [0, 0.05) is 27.7 Å². The van der Waals surface area contributed by atoms with Crippen LogP contribution in [-0.2, 0) is 47.6 Å². The van der Waals surface area contributed by atoms with Crippen molar-refractivity contribution in [3.63, 3.8) is 0 Å². The first-order chi connectivity index (χ1) is 13.0. The van der Waals surface area contributed by atoms with Crippen LogP contribution < -0.4 is 0 Å². The highest BCUT2D eigenvalue weighted by molar-refractivity contribution is 5.68. The maximum atomic E-state index is 11.6. The Morgan fingerprint density at radius 1 is 0.926 bits per heavy atom. The van der Waals surface area contributed by atoms with Gasteiger partial charge in [-0.1, -0.05) is 6.05 Å². The summed E-state index contributed by atoms with van der Waals surface area (Å²) in [7, 11) is 0. The fourth-order valence-corrected chi connectivity index (χ4v) is 2.47. The molecule has 0 N–H and O–H groups in total. The highest BCUT2D eigenvalue weighted by Crippen LogP contribution is 2.29. The highest BCUT2D eigenvalue weighted by atomic mass is 16.7. The Bertz CT molecular complexity index is 619. The maximum absolute atomic E-state index is 11.6. The third-order valence-corrected chi connectivity index (χ3v) is 3.31. The van der Waals surface area contributed by atoms with Gasteiger partial charge in [0.2, 0.25) is 6.29 Å². The van der Waals surface area contributed by atoms with Crippen LogP contribution in [0, 0.1) is 0 Å². The van der Waals surface area contributed by atoms with Gasteiger partial charge in [-0.2, -0.15) is 0 Å². The molecule has 1 saturated heterocycles. The molecule has 152 valence electrons. The van der Waals surface area contributed by atoms with Crippen LogP contribution in [0.4, 0.5) is 0 Å². The molecule has 1 unspecified atom stereocenters. The van der Waals surface area contributed by atoms with Crippen molar-refractivity contribution in [2.75, 3.05) is 13.2 Å². The third kappa shape index (κ3) is 7.35. The van der Waals surface area contributed by atoms with E-state index in [2.05, 4.69) is 6.58 Å². The molecule has 1 aliphatic rings. The predicted octanol–water partition coefficient (Wildman–Crippen LogP) is 0.272. The number of ether oxygens (including phenoxy) is 6. The van der Waals surface area contributed by atoms with Crippen molar-refractivity contribution in [2.45, 2.75) is 58.4 Å². The summed E-state index contributed by atoms with van der Waals surface area (Å²) in [4.78, 5) is 45.7. The molecule has 0 aromatic rings. The Hall–Kier alpha value is -2.46. The smallest absolute Gasteiger partial charge is 0.305 e. The SMILES string of the molecule is [2H]C(=C)CO[C@H]1[C@H](OC(C)=O)[C@@H](COC(C)=O)OC(OC(C)=O)[C@@H]1OC(C)=O. The number of carbonyl (C=O) groups excluding carboxylic acids is 4. The average Bonchev–Trinajstić information content (AvgIpc) is 2.53. The molecular weight excluding hydrogens is 364 g/mol. The van der Waals surface area contributed by atoms with Gasteiger partial charge in [0.25, 0.3) is 0 Å². The molecule has 10 nitrogen and oxygen atoms in total. The molecule has 0 spiro atoms. The van der Waals surface area contributed by atoms with E-state index in [0.29, 0.717) is 0 Å². The molecule has 0 saturated carbocycles. The van der Waals surface area contributed by atoms with Crippen LogP contribution in [0.3, 0.4) is 0 Å². The van der Waals surface area contributed by atoms with Crippen molar-refractivity contribution in [3.05, 3.63) is 12.6 Å². The van der Waals surface area contributed by atoms with E-state index in [1.807, 2.05) is 0 Å². The summed E-state index contributed by atoms with van der Waals surface area (Å²) in [6.07, 6.45) is -6.19. The zero-order chi connectivity index (χ0) is 21.4. The summed E-state index contributed by atoms with van der Waals surface area (Å²) in [6, 6.07) is -0.102. The predicted molar refractivity (Wildman–Crippen MR) is 88.1 cm³/mol. The van der Waals surface area contributed by atoms with Crippen LogP contribution in [0.15, 0.2) is 12.6 Å². The Morgan fingerprint density at radius 2 is 1.48 bits per heavy atom. The number of hydrogen-bond acceptors (Lipinski definition) is 10. The van der Waals surface area contributed by atoms with E-state index in [4.69, 9.17) is 29.8 Å². The summed E-state index contributed by atoms with van der Waals surface area (Å²) in [5, 5.41) is 0. The zero-order valence-corrected chi connectivity index (χ0v) is 15.6. The van der Waals surface area contributed by atoms with Crippen LogP contribution in [0.25, 0.3) is 0 Å². The second kappa shape index (κ2) is 10.6.